The Hall–Kier alpha value is -2.22. The fourth-order valence-electron chi connectivity index (χ4n) is 3.40. The number of aromatic nitrogens is 2. The largest absolute Gasteiger partial charge is 0.501 e. The van der Waals surface area contributed by atoms with Crippen molar-refractivity contribution in [2.45, 2.75) is 64.7 Å². The van der Waals surface area contributed by atoms with Crippen molar-refractivity contribution < 1.29 is 19.7 Å². The van der Waals surface area contributed by atoms with Crippen LogP contribution in [0.1, 0.15) is 50.2 Å². The lowest BCUT2D eigenvalue weighted by Gasteiger charge is -2.37. The van der Waals surface area contributed by atoms with E-state index in [1.165, 1.54) is 0 Å². The zero-order valence-corrected chi connectivity index (χ0v) is 17.8. The summed E-state index contributed by atoms with van der Waals surface area (Å²) < 4.78 is 11.0. The van der Waals surface area contributed by atoms with Crippen LogP contribution in [0.2, 0.25) is 0 Å². The second-order valence-corrected chi connectivity index (χ2v) is 7.29. The van der Waals surface area contributed by atoms with Crippen LogP contribution in [0.5, 0.6) is 0 Å². The van der Waals surface area contributed by atoms with Gasteiger partial charge < -0.3 is 25.4 Å². The Balaban J connectivity index is 2.06. The van der Waals surface area contributed by atoms with Crippen molar-refractivity contribution in [1.82, 2.24) is 9.97 Å². The maximum absolute atomic E-state index is 11.4. The number of allylic oxidation sites excluding steroid dienone is 4. The molecule has 29 heavy (non-hydrogen) atoms. The number of nitrogens with zero attached hydrogens (tertiary/aromatic N) is 2. The third kappa shape index (κ3) is 5.88. The van der Waals surface area contributed by atoms with Gasteiger partial charge in [0.05, 0.1) is 18.9 Å². The zero-order valence-electron chi connectivity index (χ0n) is 17.8. The first-order valence-electron chi connectivity index (χ1n) is 10.1. The Morgan fingerprint density at radius 2 is 2.07 bits per heavy atom. The molecule has 1 aliphatic rings. The van der Waals surface area contributed by atoms with Crippen LogP contribution in [-0.2, 0) is 15.1 Å². The summed E-state index contributed by atoms with van der Waals surface area (Å²) in [5.74, 6) is 1.27. The molecular weight excluding hydrogens is 370 g/mol. The molecule has 0 amide bonds. The van der Waals surface area contributed by atoms with Crippen molar-refractivity contribution >= 4 is 0 Å². The summed E-state index contributed by atoms with van der Waals surface area (Å²) in [6.45, 7) is 8.09. The number of nitrogens with two attached hydrogens (primary N) is 1. The molecule has 7 heteroatoms. The van der Waals surface area contributed by atoms with E-state index in [-0.39, 0.29) is 6.61 Å². The Morgan fingerprint density at radius 3 is 2.66 bits per heavy atom. The van der Waals surface area contributed by atoms with E-state index in [1.54, 1.807) is 19.4 Å². The van der Waals surface area contributed by atoms with Crippen molar-refractivity contribution in [2.24, 2.45) is 5.73 Å². The second kappa shape index (κ2) is 10.5. The van der Waals surface area contributed by atoms with Crippen molar-refractivity contribution in [2.75, 3.05) is 13.2 Å². The molecule has 1 aromatic rings. The Kier molecular flexibility index (Phi) is 8.37. The second-order valence-electron chi connectivity index (χ2n) is 7.29. The summed E-state index contributed by atoms with van der Waals surface area (Å²) in [6.07, 6.45) is 9.67. The lowest BCUT2D eigenvalue weighted by molar-refractivity contribution is -0.0608. The minimum Gasteiger partial charge on any atom is -0.501 e. The van der Waals surface area contributed by atoms with E-state index in [9.17, 15) is 10.2 Å². The molecule has 4 N–H and O–H groups in total. The van der Waals surface area contributed by atoms with Gasteiger partial charge in [0.2, 0.25) is 0 Å². The molecule has 0 spiro atoms. The quantitative estimate of drug-likeness (QED) is 0.515. The molecule has 7 nitrogen and oxygen atoms in total. The maximum Gasteiger partial charge on any atom is 0.125 e. The van der Waals surface area contributed by atoms with Crippen LogP contribution in [0, 0.1) is 13.8 Å². The first kappa shape index (κ1) is 23.1. The fraction of sp³-hybridized carbons (Fsp3) is 0.545. The molecule has 0 saturated heterocycles. The van der Waals surface area contributed by atoms with E-state index in [2.05, 4.69) is 9.97 Å². The number of aliphatic hydroxyl groups excluding tert-OH is 1. The molecule has 0 radical (unpaired) electrons. The van der Waals surface area contributed by atoms with Crippen molar-refractivity contribution in [3.63, 3.8) is 0 Å². The summed E-state index contributed by atoms with van der Waals surface area (Å²) in [6, 6.07) is -0.950. The highest BCUT2D eigenvalue weighted by atomic mass is 16.5. The zero-order chi connectivity index (χ0) is 21.4. The highest BCUT2D eigenvalue weighted by molar-refractivity contribution is 5.32. The molecule has 0 saturated carbocycles. The van der Waals surface area contributed by atoms with E-state index in [0.29, 0.717) is 48.7 Å². The van der Waals surface area contributed by atoms with Gasteiger partial charge in [0, 0.05) is 17.5 Å². The van der Waals surface area contributed by atoms with Gasteiger partial charge in [0.1, 0.15) is 29.9 Å². The molecule has 0 aromatic carbocycles. The molecular formula is C22H33N3O4. The molecule has 0 bridgehead atoms. The van der Waals surface area contributed by atoms with Crippen LogP contribution >= 0.6 is 0 Å². The minimum absolute atomic E-state index is 0.0281. The number of hydrogen-bond acceptors (Lipinski definition) is 7. The van der Waals surface area contributed by atoms with E-state index < -0.39 is 17.7 Å². The molecule has 0 fully saturated rings. The smallest absolute Gasteiger partial charge is 0.125 e. The standard InChI is InChI=1S/C22H33N3O4/c1-5-11-22(27,19-12-24-16(4)25-15(19)3)21(23)20(26)14-29-18-9-7-17(8-10-18)13-28-6-2/h7,9-10,12-13,20-21,26-27H,5-6,8,11,14,23H2,1-4H3. The van der Waals surface area contributed by atoms with Crippen molar-refractivity contribution in [3.05, 3.63) is 59.1 Å². The first-order chi connectivity index (χ1) is 13.8. The number of aliphatic hydroxyl groups is 2. The lowest BCUT2D eigenvalue weighted by atomic mass is 9.80. The molecule has 1 heterocycles. The topological polar surface area (TPSA) is 111 Å². The maximum atomic E-state index is 11.4. The van der Waals surface area contributed by atoms with Gasteiger partial charge in [-0.05, 0) is 51.3 Å². The van der Waals surface area contributed by atoms with Gasteiger partial charge in [0.15, 0.2) is 0 Å². The average molecular weight is 404 g/mol. The molecule has 2 rings (SSSR count). The van der Waals surface area contributed by atoms with Crippen LogP contribution in [0.25, 0.3) is 0 Å². The SMILES string of the molecule is CCCC(O)(c1cnc(C)nc1C)C(N)C(O)COC1=CCC(=COCC)C=C1. The van der Waals surface area contributed by atoms with Crippen LogP contribution in [0.15, 0.2) is 42.0 Å². The van der Waals surface area contributed by atoms with E-state index in [4.69, 9.17) is 15.2 Å². The van der Waals surface area contributed by atoms with Crippen molar-refractivity contribution in [3.8, 4) is 0 Å². The molecule has 1 aromatic heterocycles. The monoisotopic (exact) mass is 403 g/mol. The van der Waals surface area contributed by atoms with E-state index in [1.807, 2.05) is 39.0 Å². The Bertz CT molecular complexity index is 775. The highest BCUT2D eigenvalue weighted by Crippen LogP contribution is 2.32. The first-order valence-corrected chi connectivity index (χ1v) is 10.1. The summed E-state index contributed by atoms with van der Waals surface area (Å²) in [5.41, 5.74) is 7.11. The normalized spacial score (nSPS) is 19.4. The van der Waals surface area contributed by atoms with Gasteiger partial charge in [-0.1, -0.05) is 19.4 Å². The van der Waals surface area contributed by atoms with Gasteiger partial charge in [0.25, 0.3) is 0 Å². The van der Waals surface area contributed by atoms with Gasteiger partial charge in [-0.3, -0.25) is 0 Å². The fourth-order valence-corrected chi connectivity index (χ4v) is 3.40. The minimum atomic E-state index is -1.44. The van der Waals surface area contributed by atoms with Gasteiger partial charge in [-0.15, -0.1) is 0 Å². The van der Waals surface area contributed by atoms with E-state index >= 15 is 0 Å². The average Bonchev–Trinajstić information content (AvgIpc) is 2.70. The molecule has 0 aliphatic heterocycles. The molecule has 3 unspecified atom stereocenters. The predicted octanol–water partition coefficient (Wildman–Crippen LogP) is 2.55. The van der Waals surface area contributed by atoms with Crippen LogP contribution in [-0.4, -0.2) is 45.5 Å². The third-order valence-electron chi connectivity index (χ3n) is 4.99. The highest BCUT2D eigenvalue weighted by Gasteiger charge is 2.41. The lowest BCUT2D eigenvalue weighted by Crippen LogP contribution is -2.54. The number of rotatable bonds is 10. The van der Waals surface area contributed by atoms with E-state index in [0.717, 1.165) is 5.57 Å². The number of ether oxygens (including phenoxy) is 2. The van der Waals surface area contributed by atoms with Crippen LogP contribution < -0.4 is 5.73 Å². The van der Waals surface area contributed by atoms with Gasteiger partial charge in [-0.2, -0.15) is 0 Å². The Labute approximate surface area is 173 Å². The third-order valence-corrected chi connectivity index (χ3v) is 4.99. The summed E-state index contributed by atoms with van der Waals surface area (Å²) >= 11 is 0. The predicted molar refractivity (Wildman–Crippen MR) is 112 cm³/mol. The van der Waals surface area contributed by atoms with Crippen molar-refractivity contribution in [1.29, 1.82) is 0 Å². The summed E-state index contributed by atoms with van der Waals surface area (Å²) in [7, 11) is 0. The summed E-state index contributed by atoms with van der Waals surface area (Å²) in [4.78, 5) is 8.54. The molecule has 3 atom stereocenters. The molecule has 160 valence electrons. The number of hydrogen-bond donors (Lipinski definition) is 3. The molecule has 1 aliphatic carbocycles. The Morgan fingerprint density at radius 1 is 1.31 bits per heavy atom. The van der Waals surface area contributed by atoms with Crippen LogP contribution in [0.4, 0.5) is 0 Å². The summed E-state index contributed by atoms with van der Waals surface area (Å²) in [5, 5.41) is 22.0. The van der Waals surface area contributed by atoms with Gasteiger partial charge >= 0.3 is 0 Å². The van der Waals surface area contributed by atoms with Crippen LogP contribution in [0.3, 0.4) is 0 Å². The van der Waals surface area contributed by atoms with Gasteiger partial charge in [-0.25, -0.2) is 9.97 Å². The number of aryl methyl sites for hydroxylation is 2.